The maximum Gasteiger partial charge on any atom is 0.130 e. The molecule has 1 aliphatic carbocycles. The molecule has 0 atom stereocenters. The zero-order valence-electron chi connectivity index (χ0n) is 13.1. The Bertz CT molecular complexity index is 760. The van der Waals surface area contributed by atoms with E-state index in [4.69, 9.17) is 0 Å². The highest BCUT2D eigenvalue weighted by molar-refractivity contribution is 5.84. The minimum absolute atomic E-state index is 0.259. The van der Waals surface area contributed by atoms with Crippen molar-refractivity contribution < 1.29 is 13.2 Å². The standard InChI is InChI=1S/C20H19F3/c1-2-3-4-13-5-7-17(19(22)9-13)14-6-8-18-15(10-14)11-16(21)12-20(18)23/h5,7,9-12H,2-4,6,8H2,1H3. The fourth-order valence-electron chi connectivity index (χ4n) is 3.10. The van der Waals surface area contributed by atoms with Gasteiger partial charge in [0.15, 0.2) is 0 Å². The Kier molecular flexibility index (Phi) is 4.56. The second-order valence-corrected chi connectivity index (χ2v) is 6.04. The number of halogens is 3. The Morgan fingerprint density at radius 3 is 2.52 bits per heavy atom. The van der Waals surface area contributed by atoms with Gasteiger partial charge in [0.25, 0.3) is 0 Å². The van der Waals surface area contributed by atoms with Crippen molar-refractivity contribution in [2.45, 2.75) is 39.0 Å². The van der Waals surface area contributed by atoms with E-state index < -0.39 is 11.6 Å². The molecular formula is C20H19F3. The second kappa shape index (κ2) is 6.61. The molecule has 0 nitrogen and oxygen atoms in total. The summed E-state index contributed by atoms with van der Waals surface area (Å²) in [6, 6.07) is 7.52. The van der Waals surface area contributed by atoms with Crippen LogP contribution in [0, 0.1) is 17.5 Å². The first kappa shape index (κ1) is 15.9. The first-order chi connectivity index (χ1) is 11.1. The smallest absolute Gasteiger partial charge is 0.130 e. The maximum absolute atomic E-state index is 14.4. The van der Waals surface area contributed by atoms with E-state index in [1.807, 2.05) is 6.07 Å². The molecule has 0 saturated carbocycles. The zero-order chi connectivity index (χ0) is 16.4. The Morgan fingerprint density at radius 1 is 0.957 bits per heavy atom. The molecule has 0 spiro atoms. The average Bonchev–Trinajstić information content (AvgIpc) is 2.52. The number of unbranched alkanes of at least 4 members (excludes halogenated alkanes) is 1. The highest BCUT2D eigenvalue weighted by Gasteiger charge is 2.18. The van der Waals surface area contributed by atoms with Crippen molar-refractivity contribution >= 4 is 11.6 Å². The van der Waals surface area contributed by atoms with E-state index in [2.05, 4.69) is 6.92 Å². The molecule has 0 saturated heterocycles. The largest absolute Gasteiger partial charge is 0.207 e. The summed E-state index contributed by atoms with van der Waals surface area (Å²) in [7, 11) is 0. The van der Waals surface area contributed by atoms with Crippen LogP contribution in [0.15, 0.2) is 30.3 Å². The Balaban J connectivity index is 1.94. The van der Waals surface area contributed by atoms with Gasteiger partial charge in [-0.3, -0.25) is 0 Å². The van der Waals surface area contributed by atoms with Crippen LogP contribution in [0.3, 0.4) is 0 Å². The fourth-order valence-corrected chi connectivity index (χ4v) is 3.10. The van der Waals surface area contributed by atoms with Crippen molar-refractivity contribution in [3.05, 3.63) is 70.0 Å². The first-order valence-electron chi connectivity index (χ1n) is 8.05. The highest BCUT2D eigenvalue weighted by Crippen LogP contribution is 2.33. The highest BCUT2D eigenvalue weighted by atomic mass is 19.1. The topological polar surface area (TPSA) is 0 Å². The molecule has 0 fully saturated rings. The molecule has 3 heteroatoms. The van der Waals surface area contributed by atoms with Crippen molar-refractivity contribution in [2.24, 2.45) is 0 Å². The summed E-state index contributed by atoms with van der Waals surface area (Å²) in [4.78, 5) is 0. The molecule has 1 aliphatic rings. The van der Waals surface area contributed by atoms with Crippen LogP contribution < -0.4 is 0 Å². The predicted molar refractivity (Wildman–Crippen MR) is 87.6 cm³/mol. The normalized spacial score (nSPS) is 13.7. The van der Waals surface area contributed by atoms with E-state index in [1.54, 1.807) is 18.2 Å². The lowest BCUT2D eigenvalue weighted by atomic mass is 9.87. The number of rotatable bonds is 4. The summed E-state index contributed by atoms with van der Waals surface area (Å²) in [5, 5.41) is 0. The lowest BCUT2D eigenvalue weighted by Crippen LogP contribution is -2.04. The summed E-state index contributed by atoms with van der Waals surface area (Å²) in [5.74, 6) is -1.38. The maximum atomic E-state index is 14.4. The molecule has 0 heterocycles. The zero-order valence-corrected chi connectivity index (χ0v) is 13.1. The van der Waals surface area contributed by atoms with Crippen LogP contribution >= 0.6 is 0 Å². The third kappa shape index (κ3) is 3.34. The van der Waals surface area contributed by atoms with E-state index >= 15 is 0 Å². The molecule has 0 unspecified atom stereocenters. The molecule has 0 N–H and O–H groups in total. The number of fused-ring (bicyclic) bond motifs is 1. The average molecular weight is 316 g/mol. The van der Waals surface area contributed by atoms with Crippen molar-refractivity contribution in [3.8, 4) is 0 Å². The Hall–Kier alpha value is -2.03. The van der Waals surface area contributed by atoms with E-state index in [0.29, 0.717) is 29.5 Å². The van der Waals surface area contributed by atoms with Gasteiger partial charge in [-0.05, 0) is 60.1 Å². The number of hydrogen-bond donors (Lipinski definition) is 0. The molecule has 0 amide bonds. The van der Waals surface area contributed by atoms with Crippen LogP contribution in [0.4, 0.5) is 13.2 Å². The molecule has 0 aliphatic heterocycles. The van der Waals surface area contributed by atoms with Gasteiger partial charge in [-0.1, -0.05) is 31.6 Å². The molecule has 2 aromatic rings. The van der Waals surface area contributed by atoms with Crippen LogP contribution in [-0.2, 0) is 12.8 Å². The Morgan fingerprint density at radius 2 is 1.78 bits per heavy atom. The lowest BCUT2D eigenvalue weighted by molar-refractivity contribution is 0.570. The molecule has 120 valence electrons. The summed E-state index contributed by atoms with van der Waals surface area (Å²) in [5.41, 5.74) is 3.33. The van der Waals surface area contributed by atoms with Crippen molar-refractivity contribution in [1.29, 1.82) is 0 Å². The van der Waals surface area contributed by atoms with E-state index in [-0.39, 0.29) is 5.82 Å². The third-order valence-electron chi connectivity index (χ3n) is 4.37. The van der Waals surface area contributed by atoms with Crippen LogP contribution in [0.1, 0.15) is 48.4 Å². The van der Waals surface area contributed by atoms with Gasteiger partial charge in [-0.15, -0.1) is 0 Å². The lowest BCUT2D eigenvalue weighted by Gasteiger charge is -2.18. The van der Waals surface area contributed by atoms with E-state index in [0.717, 1.165) is 36.5 Å². The summed E-state index contributed by atoms with van der Waals surface area (Å²) in [6.07, 6.45) is 5.70. The molecule has 0 aromatic heterocycles. The van der Waals surface area contributed by atoms with Crippen molar-refractivity contribution in [3.63, 3.8) is 0 Å². The van der Waals surface area contributed by atoms with Crippen molar-refractivity contribution in [2.75, 3.05) is 0 Å². The van der Waals surface area contributed by atoms with Gasteiger partial charge in [0.05, 0.1) is 0 Å². The molecule has 0 bridgehead atoms. The third-order valence-corrected chi connectivity index (χ3v) is 4.37. The van der Waals surface area contributed by atoms with Crippen LogP contribution in [0.2, 0.25) is 0 Å². The molecule has 23 heavy (non-hydrogen) atoms. The van der Waals surface area contributed by atoms with E-state index in [1.165, 1.54) is 6.07 Å². The molecular weight excluding hydrogens is 297 g/mol. The van der Waals surface area contributed by atoms with Gasteiger partial charge in [0.1, 0.15) is 17.5 Å². The van der Waals surface area contributed by atoms with Gasteiger partial charge in [0.2, 0.25) is 0 Å². The molecule has 2 aromatic carbocycles. The summed E-state index contributed by atoms with van der Waals surface area (Å²) >= 11 is 0. The van der Waals surface area contributed by atoms with Crippen LogP contribution in [0.25, 0.3) is 11.6 Å². The van der Waals surface area contributed by atoms with E-state index in [9.17, 15) is 13.2 Å². The minimum atomic E-state index is -0.603. The van der Waals surface area contributed by atoms with Crippen molar-refractivity contribution in [1.82, 2.24) is 0 Å². The quantitative estimate of drug-likeness (QED) is 0.655. The molecule has 3 rings (SSSR count). The molecule has 0 radical (unpaired) electrons. The van der Waals surface area contributed by atoms with Gasteiger partial charge < -0.3 is 0 Å². The predicted octanol–water partition coefficient (Wildman–Crippen LogP) is 5.93. The summed E-state index contributed by atoms with van der Waals surface area (Å²) < 4.78 is 41.6. The SMILES string of the molecule is CCCCc1ccc(C2=Cc3cc(F)cc(F)c3CC2)c(F)c1. The number of benzene rings is 2. The monoisotopic (exact) mass is 316 g/mol. The van der Waals surface area contributed by atoms with Gasteiger partial charge in [-0.25, -0.2) is 13.2 Å². The first-order valence-corrected chi connectivity index (χ1v) is 8.05. The number of hydrogen-bond acceptors (Lipinski definition) is 0. The summed E-state index contributed by atoms with van der Waals surface area (Å²) in [6.45, 7) is 2.10. The second-order valence-electron chi connectivity index (χ2n) is 6.04. The fraction of sp³-hybridized carbons (Fsp3) is 0.300. The van der Waals surface area contributed by atoms with Gasteiger partial charge >= 0.3 is 0 Å². The minimum Gasteiger partial charge on any atom is -0.207 e. The number of allylic oxidation sites excluding steroid dienone is 1. The van der Waals surface area contributed by atoms with Crippen LogP contribution in [-0.4, -0.2) is 0 Å². The van der Waals surface area contributed by atoms with Crippen LogP contribution in [0.5, 0.6) is 0 Å². The number of aryl methyl sites for hydroxylation is 1. The van der Waals surface area contributed by atoms with Gasteiger partial charge in [0, 0.05) is 11.6 Å². The Labute approximate surface area is 134 Å². The van der Waals surface area contributed by atoms with Gasteiger partial charge in [-0.2, -0.15) is 0 Å².